The average Bonchev–Trinajstić information content (AvgIpc) is 3.22. The van der Waals surface area contributed by atoms with Crippen molar-refractivity contribution in [2.75, 3.05) is 32.7 Å². The highest BCUT2D eigenvalue weighted by atomic mass is 35.5. The van der Waals surface area contributed by atoms with Gasteiger partial charge in [0.1, 0.15) is 29.6 Å². The molecule has 5 rings (SSSR count). The fraction of sp³-hybridized carbons (Fsp3) is 0.172. The van der Waals surface area contributed by atoms with Gasteiger partial charge in [0.2, 0.25) is 0 Å². The van der Waals surface area contributed by atoms with Gasteiger partial charge in [-0.1, -0.05) is 23.7 Å². The molecule has 0 unspecified atom stereocenters. The summed E-state index contributed by atoms with van der Waals surface area (Å²) in [6.45, 7) is 0.265. The third-order valence-corrected chi connectivity index (χ3v) is 6.59. The van der Waals surface area contributed by atoms with Crippen LogP contribution < -0.4 is 19.5 Å². The number of methoxy groups -OCH3 is 2. The second-order valence-electron chi connectivity index (χ2n) is 8.76. The predicted molar refractivity (Wildman–Crippen MR) is 147 cm³/mol. The molecule has 2 heterocycles. The highest BCUT2D eigenvalue weighted by Crippen LogP contribution is 2.32. The largest absolute Gasteiger partial charge is 0.497 e. The summed E-state index contributed by atoms with van der Waals surface area (Å²) in [5.74, 6) is 0.0696. The number of imide groups is 1. The minimum absolute atomic E-state index is 0.00441. The van der Waals surface area contributed by atoms with Gasteiger partial charge in [0.25, 0.3) is 17.7 Å². The molecule has 4 aromatic rings. The van der Waals surface area contributed by atoms with Gasteiger partial charge in [-0.15, -0.1) is 10.2 Å². The molecule has 0 aliphatic carbocycles. The topological polar surface area (TPSA) is 103 Å². The number of aromatic nitrogens is 2. The maximum absolute atomic E-state index is 14.6. The molecule has 0 spiro atoms. The Morgan fingerprint density at radius 3 is 2.35 bits per heavy atom. The molecule has 204 valence electrons. The molecule has 0 radical (unpaired) electrons. The monoisotopic (exact) mass is 562 g/mol. The molecule has 2 amide bonds. The van der Waals surface area contributed by atoms with Crippen LogP contribution in [0.4, 0.5) is 10.1 Å². The van der Waals surface area contributed by atoms with Crippen LogP contribution in [0.1, 0.15) is 26.3 Å². The van der Waals surface area contributed by atoms with Crippen molar-refractivity contribution in [1.29, 1.82) is 0 Å². The van der Waals surface area contributed by atoms with Gasteiger partial charge in [0.15, 0.2) is 0 Å². The minimum atomic E-state index is -0.513. The normalized spacial score (nSPS) is 12.3. The summed E-state index contributed by atoms with van der Waals surface area (Å²) in [5, 5.41) is 11.9. The Hall–Kier alpha value is -4.70. The number of anilines is 1. The van der Waals surface area contributed by atoms with E-state index in [4.69, 9.17) is 25.8 Å². The van der Waals surface area contributed by atoms with E-state index in [1.54, 1.807) is 56.7 Å². The molecule has 1 N–H and O–H groups in total. The van der Waals surface area contributed by atoms with Crippen molar-refractivity contribution in [2.24, 2.45) is 0 Å². The van der Waals surface area contributed by atoms with E-state index in [-0.39, 0.29) is 42.1 Å². The Kier molecular flexibility index (Phi) is 7.79. The van der Waals surface area contributed by atoms with E-state index in [0.29, 0.717) is 39.9 Å². The molecule has 0 saturated carbocycles. The van der Waals surface area contributed by atoms with Crippen molar-refractivity contribution in [2.45, 2.75) is 6.54 Å². The van der Waals surface area contributed by atoms with Crippen molar-refractivity contribution in [3.63, 3.8) is 0 Å². The van der Waals surface area contributed by atoms with Gasteiger partial charge in [-0.05, 0) is 48.5 Å². The van der Waals surface area contributed by atoms with E-state index in [2.05, 4.69) is 15.5 Å². The first-order chi connectivity index (χ1) is 19.4. The van der Waals surface area contributed by atoms with Crippen LogP contribution in [0.2, 0.25) is 5.02 Å². The van der Waals surface area contributed by atoms with Crippen molar-refractivity contribution < 1.29 is 28.2 Å². The molecule has 0 saturated heterocycles. The fourth-order valence-electron chi connectivity index (χ4n) is 4.30. The maximum atomic E-state index is 14.6. The van der Waals surface area contributed by atoms with Gasteiger partial charge in [-0.3, -0.25) is 14.5 Å². The second kappa shape index (κ2) is 11.6. The third-order valence-electron chi connectivity index (χ3n) is 6.36. The number of fused-ring (bicyclic) bond motifs is 1. The highest BCUT2D eigenvalue weighted by molar-refractivity contribution is 6.30. The summed E-state index contributed by atoms with van der Waals surface area (Å²) in [5.41, 5.74) is 2.34. The lowest BCUT2D eigenvalue weighted by molar-refractivity contribution is 0.0630. The Balaban J connectivity index is 1.38. The molecule has 0 fully saturated rings. The van der Waals surface area contributed by atoms with Gasteiger partial charge in [0, 0.05) is 28.8 Å². The molecule has 0 atom stereocenters. The first-order valence-electron chi connectivity index (χ1n) is 12.3. The summed E-state index contributed by atoms with van der Waals surface area (Å²) in [4.78, 5) is 26.5. The lowest BCUT2D eigenvalue weighted by Crippen LogP contribution is -2.33. The predicted octanol–water partition coefficient (Wildman–Crippen LogP) is 5.24. The summed E-state index contributed by atoms with van der Waals surface area (Å²) in [6.07, 6.45) is 0. The van der Waals surface area contributed by atoms with Gasteiger partial charge in [0.05, 0.1) is 37.6 Å². The lowest BCUT2D eigenvalue weighted by Gasteiger charge is -2.17. The summed E-state index contributed by atoms with van der Waals surface area (Å²) in [6, 6.07) is 17.8. The molecule has 1 aromatic heterocycles. The van der Waals surface area contributed by atoms with E-state index in [0.717, 1.165) is 10.5 Å². The number of benzene rings is 3. The molecule has 11 heteroatoms. The number of ether oxygens (including phenoxy) is 3. The number of amides is 2. The van der Waals surface area contributed by atoms with Crippen LogP contribution in [0.15, 0.2) is 66.7 Å². The number of nitrogens with one attached hydrogen (secondary N) is 1. The van der Waals surface area contributed by atoms with Crippen LogP contribution in [-0.2, 0) is 6.54 Å². The second-order valence-corrected chi connectivity index (χ2v) is 9.20. The molecule has 9 nitrogen and oxygen atoms in total. The van der Waals surface area contributed by atoms with Gasteiger partial charge in [-0.2, -0.15) is 0 Å². The lowest BCUT2D eigenvalue weighted by atomic mass is 10.1. The first-order valence-corrected chi connectivity index (χ1v) is 12.6. The van der Waals surface area contributed by atoms with E-state index < -0.39 is 5.82 Å². The average molecular weight is 563 g/mol. The van der Waals surface area contributed by atoms with Crippen LogP contribution in [0.25, 0.3) is 11.3 Å². The van der Waals surface area contributed by atoms with E-state index in [1.807, 2.05) is 6.07 Å². The molecular formula is C29H24ClFN4O5. The van der Waals surface area contributed by atoms with Gasteiger partial charge < -0.3 is 19.5 Å². The fourth-order valence-corrected chi connectivity index (χ4v) is 4.48. The van der Waals surface area contributed by atoms with Crippen LogP contribution in [0, 0.1) is 5.82 Å². The third kappa shape index (κ3) is 5.39. The minimum Gasteiger partial charge on any atom is -0.497 e. The number of carbonyl (C=O) groups excluding carboxylic acids is 2. The van der Waals surface area contributed by atoms with Crippen molar-refractivity contribution in [3.8, 4) is 28.6 Å². The maximum Gasteiger partial charge on any atom is 0.261 e. The van der Waals surface area contributed by atoms with Gasteiger partial charge in [-0.25, -0.2) is 4.39 Å². The number of carbonyl (C=O) groups is 2. The van der Waals surface area contributed by atoms with Crippen LogP contribution >= 0.6 is 11.6 Å². The molecule has 1 aliphatic heterocycles. The number of hydrogen-bond acceptors (Lipinski definition) is 8. The zero-order valence-electron chi connectivity index (χ0n) is 21.6. The van der Waals surface area contributed by atoms with Crippen molar-refractivity contribution >= 4 is 29.1 Å². The zero-order chi connectivity index (χ0) is 28.2. The zero-order valence-corrected chi connectivity index (χ0v) is 22.4. The Morgan fingerprint density at radius 1 is 0.900 bits per heavy atom. The standard InChI is InChI=1S/C29H24ClFN4O5/c1-38-19-9-7-17(26(14-19)39-2)16-32-25-15-24(22-13-18(30)8-10-23(22)31)33-34-27(25)40-12-11-35-28(36)20-5-3-4-6-21(20)29(35)37/h3-10,13-15H,11-12,16H2,1-2H3,(H,32,33). The number of halogens is 2. The summed E-state index contributed by atoms with van der Waals surface area (Å²) >= 11 is 6.09. The van der Waals surface area contributed by atoms with Crippen LogP contribution in [0.5, 0.6) is 17.4 Å². The molecule has 1 aliphatic rings. The molecule has 3 aromatic carbocycles. The van der Waals surface area contributed by atoms with E-state index >= 15 is 0 Å². The van der Waals surface area contributed by atoms with E-state index in [9.17, 15) is 14.0 Å². The van der Waals surface area contributed by atoms with Crippen LogP contribution in [0.3, 0.4) is 0 Å². The first kappa shape index (κ1) is 26.9. The Bertz CT molecular complexity index is 1560. The van der Waals surface area contributed by atoms with Crippen molar-refractivity contribution in [1.82, 2.24) is 15.1 Å². The quantitative estimate of drug-likeness (QED) is 0.262. The smallest absolute Gasteiger partial charge is 0.261 e. The summed E-state index contributed by atoms with van der Waals surface area (Å²) < 4.78 is 31.2. The molecule has 40 heavy (non-hydrogen) atoms. The summed E-state index contributed by atoms with van der Waals surface area (Å²) in [7, 11) is 3.12. The van der Waals surface area contributed by atoms with Gasteiger partial charge >= 0.3 is 0 Å². The van der Waals surface area contributed by atoms with E-state index in [1.165, 1.54) is 18.2 Å². The highest BCUT2D eigenvalue weighted by Gasteiger charge is 2.34. The Labute approximate surface area is 234 Å². The van der Waals surface area contributed by atoms with Crippen LogP contribution in [-0.4, -0.2) is 54.3 Å². The molecule has 0 bridgehead atoms. The molecular weight excluding hydrogens is 539 g/mol. The number of hydrogen-bond donors (Lipinski definition) is 1. The number of nitrogens with zero attached hydrogens (tertiary/aromatic N) is 3. The Morgan fingerprint density at radius 2 is 1.65 bits per heavy atom. The number of rotatable bonds is 10. The van der Waals surface area contributed by atoms with Crippen molar-refractivity contribution in [3.05, 3.63) is 94.3 Å². The SMILES string of the molecule is COc1ccc(CNc2cc(-c3cc(Cl)ccc3F)nnc2OCCN2C(=O)c3ccccc3C2=O)c(OC)c1.